The molecule has 0 aliphatic carbocycles. The summed E-state index contributed by atoms with van der Waals surface area (Å²) in [6.45, 7) is 9.97. The zero-order valence-electron chi connectivity index (χ0n) is 18.8. The molecule has 170 valence electrons. The molecule has 31 heavy (non-hydrogen) atoms. The van der Waals surface area contributed by atoms with Crippen molar-refractivity contribution in [3.63, 3.8) is 0 Å². The topological polar surface area (TPSA) is 99.0 Å². The first-order valence-corrected chi connectivity index (χ1v) is 11.4. The van der Waals surface area contributed by atoms with Gasteiger partial charge in [0.2, 0.25) is 5.76 Å². The van der Waals surface area contributed by atoms with Gasteiger partial charge in [-0.25, -0.2) is 9.78 Å². The molecule has 0 aromatic carbocycles. The number of carbonyl (C=O) groups excluding carboxylic acids is 3. The van der Waals surface area contributed by atoms with Gasteiger partial charge < -0.3 is 19.5 Å². The van der Waals surface area contributed by atoms with E-state index in [4.69, 9.17) is 4.42 Å². The number of oxazole rings is 1. The zero-order valence-corrected chi connectivity index (χ0v) is 18.8. The molecule has 9 heteroatoms. The maximum Gasteiger partial charge on any atom is 0.325 e. The number of likely N-dealkylation sites (tertiary alicyclic amines) is 2. The highest BCUT2D eigenvalue weighted by Gasteiger charge is 2.52. The van der Waals surface area contributed by atoms with Crippen LogP contribution in [0.3, 0.4) is 0 Å². The number of aryl methyl sites for hydroxylation is 2. The lowest BCUT2D eigenvalue weighted by molar-refractivity contribution is -0.133. The van der Waals surface area contributed by atoms with Crippen molar-refractivity contribution in [2.45, 2.75) is 58.4 Å². The number of hydrogen-bond acceptors (Lipinski definition) is 6. The molecule has 0 saturated carbocycles. The van der Waals surface area contributed by atoms with E-state index >= 15 is 0 Å². The Bertz CT molecular complexity index is 850. The number of piperidine rings is 2. The molecule has 4 amide bonds. The van der Waals surface area contributed by atoms with E-state index in [-0.39, 0.29) is 23.8 Å². The van der Waals surface area contributed by atoms with E-state index in [1.165, 1.54) is 4.90 Å². The molecule has 4 heterocycles. The first kappa shape index (κ1) is 21.8. The molecule has 0 radical (unpaired) electrons. The summed E-state index contributed by atoms with van der Waals surface area (Å²) in [7, 11) is 0. The van der Waals surface area contributed by atoms with Crippen molar-refractivity contribution in [3.8, 4) is 0 Å². The SMILES string of the molecule is CCCN1CCC2(CC1)NC(=O)N(CC1CCN(C(=O)c3oc(C)nc3C)CC1)C2=O. The van der Waals surface area contributed by atoms with E-state index in [0.29, 0.717) is 49.8 Å². The molecule has 0 atom stereocenters. The van der Waals surface area contributed by atoms with Crippen molar-refractivity contribution in [2.75, 3.05) is 39.3 Å². The monoisotopic (exact) mass is 431 g/mol. The van der Waals surface area contributed by atoms with E-state index in [9.17, 15) is 14.4 Å². The third-order valence-corrected chi connectivity index (χ3v) is 6.94. The van der Waals surface area contributed by atoms with Crippen LogP contribution in [0.25, 0.3) is 0 Å². The number of rotatable bonds is 5. The maximum absolute atomic E-state index is 13.2. The molecule has 3 fully saturated rings. The van der Waals surface area contributed by atoms with Crippen molar-refractivity contribution in [3.05, 3.63) is 17.3 Å². The van der Waals surface area contributed by atoms with Crippen LogP contribution < -0.4 is 5.32 Å². The van der Waals surface area contributed by atoms with Crippen LogP contribution in [0.4, 0.5) is 4.79 Å². The van der Waals surface area contributed by atoms with Crippen LogP contribution >= 0.6 is 0 Å². The lowest BCUT2D eigenvalue weighted by Gasteiger charge is -2.37. The van der Waals surface area contributed by atoms with Crippen LogP contribution in [0.5, 0.6) is 0 Å². The zero-order chi connectivity index (χ0) is 22.2. The minimum absolute atomic E-state index is 0.0695. The molecular formula is C22H33N5O4. The van der Waals surface area contributed by atoms with Crippen LogP contribution in [-0.2, 0) is 4.79 Å². The molecule has 0 unspecified atom stereocenters. The predicted molar refractivity (Wildman–Crippen MR) is 114 cm³/mol. The van der Waals surface area contributed by atoms with Crippen LogP contribution in [0, 0.1) is 19.8 Å². The summed E-state index contributed by atoms with van der Waals surface area (Å²) in [4.78, 5) is 48.3. The van der Waals surface area contributed by atoms with Gasteiger partial charge in [-0.3, -0.25) is 14.5 Å². The summed E-state index contributed by atoms with van der Waals surface area (Å²) in [5, 5.41) is 3.01. The molecular weight excluding hydrogens is 398 g/mol. The lowest BCUT2D eigenvalue weighted by Crippen LogP contribution is -2.55. The summed E-state index contributed by atoms with van der Waals surface area (Å²) < 4.78 is 5.47. The van der Waals surface area contributed by atoms with E-state index < -0.39 is 5.54 Å². The Balaban J connectivity index is 1.31. The van der Waals surface area contributed by atoms with E-state index in [2.05, 4.69) is 22.1 Å². The van der Waals surface area contributed by atoms with Crippen molar-refractivity contribution < 1.29 is 18.8 Å². The number of nitrogens with one attached hydrogen (secondary N) is 1. The first-order chi connectivity index (χ1) is 14.8. The Morgan fingerprint density at radius 2 is 1.84 bits per heavy atom. The second kappa shape index (κ2) is 8.61. The average Bonchev–Trinajstić information content (AvgIpc) is 3.21. The highest BCUT2D eigenvalue weighted by atomic mass is 16.4. The number of imide groups is 1. The third kappa shape index (κ3) is 4.20. The van der Waals surface area contributed by atoms with Gasteiger partial charge in [0.15, 0.2) is 5.89 Å². The summed E-state index contributed by atoms with van der Waals surface area (Å²) in [6.07, 6.45) is 3.96. The van der Waals surface area contributed by atoms with E-state index in [1.807, 2.05) is 0 Å². The molecule has 0 bridgehead atoms. The third-order valence-electron chi connectivity index (χ3n) is 6.94. The number of nitrogens with zero attached hydrogens (tertiary/aromatic N) is 4. The van der Waals surface area contributed by atoms with E-state index in [1.54, 1.807) is 18.7 Å². The number of amides is 4. The summed E-state index contributed by atoms with van der Waals surface area (Å²) >= 11 is 0. The minimum atomic E-state index is -0.723. The quantitative estimate of drug-likeness (QED) is 0.716. The first-order valence-electron chi connectivity index (χ1n) is 11.4. The highest BCUT2D eigenvalue weighted by Crippen LogP contribution is 2.31. The standard InChI is InChI=1S/C22H33N5O4/c1-4-9-25-12-7-22(8-13-25)20(29)27(21(30)24-22)14-17-5-10-26(11-6-17)19(28)18-15(2)23-16(3)31-18/h17H,4-14H2,1-3H3,(H,24,30). The molecule has 1 aromatic heterocycles. The van der Waals surface area contributed by atoms with Crippen LogP contribution in [0.2, 0.25) is 0 Å². The van der Waals surface area contributed by atoms with Gasteiger partial charge >= 0.3 is 6.03 Å². The molecule has 3 aliphatic rings. The Labute approximate surface area is 183 Å². The Kier molecular flexibility index (Phi) is 6.05. The van der Waals surface area contributed by atoms with Gasteiger partial charge in [-0.15, -0.1) is 0 Å². The normalized spacial score (nSPS) is 22.4. The second-order valence-corrected chi connectivity index (χ2v) is 9.15. The Morgan fingerprint density at radius 3 is 2.42 bits per heavy atom. The van der Waals surface area contributed by atoms with Crippen LogP contribution in [0.1, 0.15) is 61.2 Å². The van der Waals surface area contributed by atoms with Gasteiger partial charge in [-0.05, 0) is 51.5 Å². The van der Waals surface area contributed by atoms with Gasteiger partial charge in [-0.1, -0.05) is 6.92 Å². The molecule has 1 spiro atoms. The lowest BCUT2D eigenvalue weighted by atomic mass is 9.87. The molecule has 1 aromatic rings. The highest BCUT2D eigenvalue weighted by molar-refractivity contribution is 6.07. The summed E-state index contributed by atoms with van der Waals surface area (Å²) in [6, 6.07) is -0.264. The fourth-order valence-electron chi connectivity index (χ4n) is 5.11. The van der Waals surface area contributed by atoms with Crippen molar-refractivity contribution in [1.82, 2.24) is 25.0 Å². The van der Waals surface area contributed by atoms with Gasteiger partial charge in [0, 0.05) is 39.6 Å². The van der Waals surface area contributed by atoms with Crippen molar-refractivity contribution in [2.24, 2.45) is 5.92 Å². The number of urea groups is 1. The van der Waals surface area contributed by atoms with Crippen LogP contribution in [0.15, 0.2) is 4.42 Å². The second-order valence-electron chi connectivity index (χ2n) is 9.15. The number of carbonyl (C=O) groups is 3. The number of aromatic nitrogens is 1. The Hall–Kier alpha value is -2.42. The summed E-state index contributed by atoms with van der Waals surface area (Å²) in [5.74, 6) is 0.793. The Morgan fingerprint density at radius 1 is 1.16 bits per heavy atom. The van der Waals surface area contributed by atoms with Gasteiger partial charge in [0.05, 0.1) is 5.69 Å². The van der Waals surface area contributed by atoms with E-state index in [0.717, 1.165) is 38.9 Å². The largest absolute Gasteiger partial charge is 0.436 e. The molecule has 4 rings (SSSR count). The fraction of sp³-hybridized carbons (Fsp3) is 0.727. The van der Waals surface area contributed by atoms with Crippen molar-refractivity contribution in [1.29, 1.82) is 0 Å². The maximum atomic E-state index is 13.2. The molecule has 9 nitrogen and oxygen atoms in total. The fourth-order valence-corrected chi connectivity index (χ4v) is 5.11. The molecule has 3 aliphatic heterocycles. The van der Waals surface area contributed by atoms with Crippen molar-refractivity contribution >= 4 is 17.8 Å². The smallest absolute Gasteiger partial charge is 0.325 e. The van der Waals surface area contributed by atoms with Gasteiger partial charge in [-0.2, -0.15) is 0 Å². The summed E-state index contributed by atoms with van der Waals surface area (Å²) in [5.41, 5.74) is -0.112. The van der Waals surface area contributed by atoms with Crippen LogP contribution in [-0.4, -0.2) is 82.3 Å². The predicted octanol–water partition coefficient (Wildman–Crippen LogP) is 1.94. The van der Waals surface area contributed by atoms with Gasteiger partial charge in [0.25, 0.3) is 11.8 Å². The average molecular weight is 432 g/mol. The number of hydrogen-bond donors (Lipinski definition) is 1. The molecule has 1 N–H and O–H groups in total. The van der Waals surface area contributed by atoms with Gasteiger partial charge in [0.1, 0.15) is 5.54 Å². The molecule has 3 saturated heterocycles. The minimum Gasteiger partial charge on any atom is -0.436 e.